The first kappa shape index (κ1) is 24.4. The third kappa shape index (κ3) is 6.17. The average Bonchev–Trinajstić information content (AvgIpc) is 3.12. The summed E-state index contributed by atoms with van der Waals surface area (Å²) in [5.74, 6) is 0.882. The molecule has 32 heavy (non-hydrogen) atoms. The van der Waals surface area contributed by atoms with Crippen molar-refractivity contribution in [2.45, 2.75) is 39.3 Å². The summed E-state index contributed by atoms with van der Waals surface area (Å²) in [6.45, 7) is 6.39. The Balaban J connectivity index is 1.64. The Bertz CT molecular complexity index is 979. The summed E-state index contributed by atoms with van der Waals surface area (Å²) in [5, 5.41) is 8.05. The zero-order chi connectivity index (χ0) is 23.1. The number of likely N-dealkylation sites (N-methyl/N-ethyl adjacent to an activating group) is 1. The summed E-state index contributed by atoms with van der Waals surface area (Å²) in [6.07, 6.45) is 2.39. The SMILES string of the molecule is CCCCn1c(-c2ccc(Cl)cc2)nn(CCC(=O)N2CCN(CC(=O)NC)CC2)c1=S. The molecule has 2 amide bonds. The second-order valence-corrected chi connectivity index (χ2v) is 8.72. The van der Waals surface area contributed by atoms with E-state index in [0.29, 0.717) is 55.5 Å². The molecule has 1 aliphatic heterocycles. The molecule has 1 N–H and O–H groups in total. The highest BCUT2D eigenvalue weighted by atomic mass is 35.5. The molecule has 0 radical (unpaired) electrons. The smallest absolute Gasteiger partial charge is 0.233 e. The number of hydrogen-bond acceptors (Lipinski definition) is 5. The molecule has 8 nitrogen and oxygen atoms in total. The molecule has 3 rings (SSSR count). The van der Waals surface area contributed by atoms with Gasteiger partial charge in [0, 0.05) is 56.8 Å². The molecule has 0 unspecified atom stereocenters. The number of amides is 2. The normalized spacial score (nSPS) is 14.5. The fourth-order valence-electron chi connectivity index (χ4n) is 3.71. The highest BCUT2D eigenvalue weighted by molar-refractivity contribution is 7.71. The summed E-state index contributed by atoms with van der Waals surface area (Å²) in [5.41, 5.74) is 0.953. The van der Waals surface area contributed by atoms with E-state index in [0.717, 1.165) is 30.8 Å². The van der Waals surface area contributed by atoms with Gasteiger partial charge < -0.3 is 10.2 Å². The highest BCUT2D eigenvalue weighted by Crippen LogP contribution is 2.21. The predicted octanol–water partition coefficient (Wildman–Crippen LogP) is 2.81. The van der Waals surface area contributed by atoms with Crippen LogP contribution < -0.4 is 5.32 Å². The zero-order valence-corrected chi connectivity index (χ0v) is 20.3. The van der Waals surface area contributed by atoms with Crippen LogP contribution in [0.15, 0.2) is 24.3 Å². The first-order valence-electron chi connectivity index (χ1n) is 11.1. The number of halogens is 1. The Morgan fingerprint density at radius 1 is 1.12 bits per heavy atom. The van der Waals surface area contributed by atoms with Crippen molar-refractivity contribution in [3.63, 3.8) is 0 Å². The number of carbonyl (C=O) groups excluding carboxylic acids is 2. The van der Waals surface area contributed by atoms with E-state index in [2.05, 4.69) is 17.1 Å². The number of aryl methyl sites for hydroxylation is 1. The van der Waals surface area contributed by atoms with Crippen LogP contribution in [-0.2, 0) is 22.7 Å². The number of nitrogens with one attached hydrogen (secondary N) is 1. The molecule has 2 heterocycles. The van der Waals surface area contributed by atoms with Crippen LogP contribution in [0.1, 0.15) is 26.2 Å². The fraction of sp³-hybridized carbons (Fsp3) is 0.545. The molecule has 0 atom stereocenters. The van der Waals surface area contributed by atoms with Crippen molar-refractivity contribution in [3.8, 4) is 11.4 Å². The number of aromatic nitrogens is 3. The second-order valence-electron chi connectivity index (χ2n) is 7.92. The fourth-order valence-corrected chi connectivity index (χ4v) is 4.15. The first-order valence-corrected chi connectivity index (χ1v) is 11.9. The Kier molecular flexibility index (Phi) is 8.84. The lowest BCUT2D eigenvalue weighted by atomic mass is 10.2. The molecule has 10 heteroatoms. The van der Waals surface area contributed by atoms with Gasteiger partial charge in [0.15, 0.2) is 10.6 Å². The molecule has 1 saturated heterocycles. The number of piperazine rings is 1. The summed E-state index contributed by atoms with van der Waals surface area (Å²) in [6, 6.07) is 7.57. The minimum Gasteiger partial charge on any atom is -0.358 e. The topological polar surface area (TPSA) is 75.4 Å². The summed E-state index contributed by atoms with van der Waals surface area (Å²) in [7, 11) is 1.63. The number of rotatable bonds is 9. The maximum absolute atomic E-state index is 12.8. The van der Waals surface area contributed by atoms with E-state index >= 15 is 0 Å². The molecule has 2 aromatic rings. The van der Waals surface area contributed by atoms with Crippen molar-refractivity contribution >= 4 is 35.6 Å². The van der Waals surface area contributed by atoms with E-state index in [9.17, 15) is 9.59 Å². The molecule has 0 bridgehead atoms. The van der Waals surface area contributed by atoms with Crippen LogP contribution in [0.25, 0.3) is 11.4 Å². The maximum Gasteiger partial charge on any atom is 0.233 e. The average molecular weight is 479 g/mol. The quantitative estimate of drug-likeness (QED) is 0.561. The lowest BCUT2D eigenvalue weighted by molar-refractivity contribution is -0.133. The monoisotopic (exact) mass is 478 g/mol. The van der Waals surface area contributed by atoms with E-state index in [1.54, 1.807) is 11.7 Å². The van der Waals surface area contributed by atoms with E-state index in [1.807, 2.05) is 33.7 Å². The number of carbonyl (C=O) groups is 2. The van der Waals surface area contributed by atoms with Gasteiger partial charge in [0.05, 0.1) is 13.1 Å². The zero-order valence-electron chi connectivity index (χ0n) is 18.7. The third-order valence-electron chi connectivity index (χ3n) is 5.67. The van der Waals surface area contributed by atoms with Crippen molar-refractivity contribution in [2.75, 3.05) is 39.8 Å². The highest BCUT2D eigenvalue weighted by Gasteiger charge is 2.22. The summed E-state index contributed by atoms with van der Waals surface area (Å²) in [4.78, 5) is 28.2. The van der Waals surface area contributed by atoms with Crippen LogP contribution in [0.2, 0.25) is 5.02 Å². The molecule has 0 saturated carbocycles. The van der Waals surface area contributed by atoms with Gasteiger partial charge in [0.1, 0.15) is 0 Å². The Hall–Kier alpha value is -2.23. The third-order valence-corrected chi connectivity index (χ3v) is 6.35. The van der Waals surface area contributed by atoms with Gasteiger partial charge in [-0.2, -0.15) is 5.10 Å². The van der Waals surface area contributed by atoms with Gasteiger partial charge in [-0.1, -0.05) is 24.9 Å². The number of unbranched alkanes of at least 4 members (excludes halogenated alkanes) is 1. The van der Waals surface area contributed by atoms with E-state index in [4.69, 9.17) is 28.9 Å². The van der Waals surface area contributed by atoms with Gasteiger partial charge in [-0.25, -0.2) is 4.68 Å². The van der Waals surface area contributed by atoms with Gasteiger partial charge in [0.25, 0.3) is 0 Å². The molecule has 1 aromatic heterocycles. The van der Waals surface area contributed by atoms with Crippen molar-refractivity contribution in [2.24, 2.45) is 0 Å². The van der Waals surface area contributed by atoms with Crippen LogP contribution in [0, 0.1) is 4.77 Å². The van der Waals surface area contributed by atoms with Gasteiger partial charge in [-0.3, -0.25) is 19.1 Å². The van der Waals surface area contributed by atoms with Crippen LogP contribution in [0.4, 0.5) is 0 Å². The van der Waals surface area contributed by atoms with Crippen molar-refractivity contribution < 1.29 is 9.59 Å². The molecule has 0 spiro atoms. The predicted molar refractivity (Wildman–Crippen MR) is 128 cm³/mol. The van der Waals surface area contributed by atoms with Crippen LogP contribution in [0.3, 0.4) is 0 Å². The van der Waals surface area contributed by atoms with Crippen molar-refractivity contribution in [1.82, 2.24) is 29.5 Å². The molecule has 1 aliphatic rings. The summed E-state index contributed by atoms with van der Waals surface area (Å²) < 4.78 is 4.44. The Labute approximate surface area is 199 Å². The number of hydrogen-bond donors (Lipinski definition) is 1. The standard InChI is InChI=1S/C22H31ClN6O2S/c1-3-4-10-28-21(17-5-7-18(23)8-6-17)25-29(22(28)32)11-9-20(31)27-14-12-26(13-15-27)16-19(30)24-2/h5-8H,3-4,9-16H2,1-2H3,(H,24,30). The number of benzene rings is 1. The minimum atomic E-state index is -0.00528. The van der Waals surface area contributed by atoms with Gasteiger partial charge in [-0.05, 0) is 42.9 Å². The van der Waals surface area contributed by atoms with Crippen LogP contribution in [0.5, 0.6) is 0 Å². The van der Waals surface area contributed by atoms with E-state index in [-0.39, 0.29) is 11.8 Å². The van der Waals surface area contributed by atoms with Gasteiger partial charge >= 0.3 is 0 Å². The molecule has 174 valence electrons. The van der Waals surface area contributed by atoms with Crippen molar-refractivity contribution in [3.05, 3.63) is 34.1 Å². The van der Waals surface area contributed by atoms with Crippen LogP contribution in [-0.4, -0.2) is 75.7 Å². The second kappa shape index (κ2) is 11.6. The van der Waals surface area contributed by atoms with Gasteiger partial charge in [-0.15, -0.1) is 0 Å². The largest absolute Gasteiger partial charge is 0.358 e. The molecule has 1 fully saturated rings. The molecular formula is C22H31ClN6O2S. The lowest BCUT2D eigenvalue weighted by Gasteiger charge is -2.34. The molecular weight excluding hydrogens is 448 g/mol. The summed E-state index contributed by atoms with van der Waals surface area (Å²) >= 11 is 11.7. The van der Waals surface area contributed by atoms with E-state index in [1.165, 1.54) is 0 Å². The Morgan fingerprint density at radius 2 is 1.81 bits per heavy atom. The number of nitrogens with zero attached hydrogens (tertiary/aromatic N) is 5. The van der Waals surface area contributed by atoms with E-state index < -0.39 is 0 Å². The molecule has 1 aromatic carbocycles. The lowest BCUT2D eigenvalue weighted by Crippen LogP contribution is -2.51. The van der Waals surface area contributed by atoms with Crippen LogP contribution >= 0.6 is 23.8 Å². The molecule has 0 aliphatic carbocycles. The van der Waals surface area contributed by atoms with Gasteiger partial charge in [0.2, 0.25) is 11.8 Å². The first-order chi connectivity index (χ1) is 15.4. The van der Waals surface area contributed by atoms with Crippen molar-refractivity contribution in [1.29, 1.82) is 0 Å². The maximum atomic E-state index is 12.8. The Morgan fingerprint density at radius 3 is 2.44 bits per heavy atom. The minimum absolute atomic E-state index is 0.00528.